The molecule has 2 aliphatic heterocycles. The predicted molar refractivity (Wildman–Crippen MR) is 141 cm³/mol. The van der Waals surface area contributed by atoms with Crippen molar-refractivity contribution in [3.8, 4) is 11.5 Å². The lowest BCUT2D eigenvalue weighted by Gasteiger charge is -2.36. The molecule has 0 radical (unpaired) electrons. The predicted octanol–water partition coefficient (Wildman–Crippen LogP) is -1.44. The molecule has 4 rings (SSSR count). The average Bonchev–Trinajstić information content (AvgIpc) is 2.92. The summed E-state index contributed by atoms with van der Waals surface area (Å²) >= 11 is 0. The van der Waals surface area contributed by atoms with Crippen molar-refractivity contribution in [2.75, 3.05) is 19.6 Å². The Balaban J connectivity index is 1.60. The van der Waals surface area contributed by atoms with E-state index in [9.17, 15) is 44.3 Å². The van der Waals surface area contributed by atoms with Gasteiger partial charge in [-0.05, 0) is 42.3 Å². The minimum Gasteiger partial charge on any atom is -0.534 e. The fourth-order valence-electron chi connectivity index (χ4n) is 4.71. The highest BCUT2D eigenvalue weighted by molar-refractivity contribution is 6.47. The molecule has 1 fully saturated rings. The summed E-state index contributed by atoms with van der Waals surface area (Å²) < 4.78 is 5.40. The lowest BCUT2D eigenvalue weighted by atomic mass is 9.72. The molecule has 16 heteroatoms. The number of nitrogens with two attached hydrogens (primary N) is 1. The van der Waals surface area contributed by atoms with Crippen molar-refractivity contribution in [3.05, 3.63) is 58.7 Å². The molecule has 2 unspecified atom stereocenters. The first-order chi connectivity index (χ1) is 19.4. The number of amides is 5. The first kappa shape index (κ1) is 29.3. The van der Waals surface area contributed by atoms with Crippen LogP contribution in [-0.4, -0.2) is 98.8 Å². The number of nitrogens with zero attached hydrogens (tertiary/aromatic N) is 2. The normalized spacial score (nSPS) is 19.5. The highest BCUT2D eigenvalue weighted by Crippen LogP contribution is 2.31. The Bertz CT molecular complexity index is 1400. The highest BCUT2D eigenvalue weighted by atomic mass is 16.5. The minimum atomic E-state index is -1.66. The quantitative estimate of drug-likeness (QED) is 0.191. The molecular formula is C25H28BN5O10. The van der Waals surface area contributed by atoms with Crippen LogP contribution in [0, 0.1) is 0 Å². The van der Waals surface area contributed by atoms with Crippen LogP contribution in [0.4, 0.5) is 4.79 Å². The number of fused-ring (bicyclic) bond motifs is 1. The topological polar surface area (TPSA) is 232 Å². The number of hydrogen-bond donors (Lipinski definition) is 7. The number of likely N-dealkylation sites (N-methyl/N-ethyl adjacent to an activating group) is 1. The van der Waals surface area contributed by atoms with Crippen molar-refractivity contribution >= 4 is 36.8 Å². The Hall–Kier alpha value is -4.67. The van der Waals surface area contributed by atoms with Crippen LogP contribution in [-0.2, 0) is 16.0 Å². The maximum absolute atomic E-state index is 13.5. The van der Waals surface area contributed by atoms with Gasteiger partial charge in [-0.15, -0.1) is 0 Å². The SMILES string of the molecule is CCN1CCN(C(=O)NC(C(=O)N[C@H]2Cc3cccc(C(=O)O)c3OB2O)c2ccc(C(N)=O)c(O)c2)C(=O)C1O. The molecule has 0 saturated carbocycles. The molecule has 2 aromatic rings. The van der Waals surface area contributed by atoms with Crippen molar-refractivity contribution in [2.24, 2.45) is 5.73 Å². The van der Waals surface area contributed by atoms with E-state index in [4.69, 9.17) is 10.4 Å². The fourth-order valence-corrected chi connectivity index (χ4v) is 4.71. The number of carbonyl (C=O) groups excluding carboxylic acids is 4. The van der Waals surface area contributed by atoms with Gasteiger partial charge in [0.2, 0.25) is 5.91 Å². The number of aliphatic hydroxyl groups excluding tert-OH is 1. The number of piperazine rings is 1. The zero-order valence-electron chi connectivity index (χ0n) is 21.8. The van der Waals surface area contributed by atoms with E-state index in [1.54, 1.807) is 13.0 Å². The van der Waals surface area contributed by atoms with Crippen molar-refractivity contribution in [1.82, 2.24) is 20.4 Å². The molecule has 0 aliphatic carbocycles. The van der Waals surface area contributed by atoms with Crippen molar-refractivity contribution in [3.63, 3.8) is 0 Å². The van der Waals surface area contributed by atoms with Gasteiger partial charge in [0.1, 0.15) is 17.5 Å². The Kier molecular flexibility index (Phi) is 8.46. The summed E-state index contributed by atoms with van der Waals surface area (Å²) in [6.07, 6.45) is -1.59. The van der Waals surface area contributed by atoms with Crippen LogP contribution in [0.2, 0.25) is 0 Å². The number of primary amides is 1. The maximum Gasteiger partial charge on any atom is 0.547 e. The van der Waals surface area contributed by atoms with E-state index in [-0.39, 0.29) is 42.0 Å². The lowest BCUT2D eigenvalue weighted by Crippen LogP contribution is -2.61. The van der Waals surface area contributed by atoms with E-state index in [2.05, 4.69) is 10.6 Å². The molecule has 0 spiro atoms. The molecule has 8 N–H and O–H groups in total. The number of carboxylic acids is 1. The van der Waals surface area contributed by atoms with Gasteiger partial charge in [-0.3, -0.25) is 24.2 Å². The third kappa shape index (κ3) is 5.94. The molecule has 15 nitrogen and oxygen atoms in total. The Labute approximate surface area is 233 Å². The Morgan fingerprint density at radius 1 is 1.17 bits per heavy atom. The molecule has 2 aliphatic rings. The van der Waals surface area contributed by atoms with Crippen LogP contribution in [0.5, 0.6) is 11.5 Å². The van der Waals surface area contributed by atoms with Gasteiger partial charge in [0.25, 0.3) is 11.8 Å². The van der Waals surface area contributed by atoms with Gasteiger partial charge in [-0.2, -0.15) is 0 Å². The molecule has 0 bridgehead atoms. The number of nitrogens with one attached hydrogen (secondary N) is 2. The van der Waals surface area contributed by atoms with E-state index in [0.29, 0.717) is 12.1 Å². The molecule has 5 amide bonds. The number of carbonyl (C=O) groups is 5. The smallest absolute Gasteiger partial charge is 0.534 e. The Morgan fingerprint density at radius 3 is 2.54 bits per heavy atom. The zero-order chi connectivity index (χ0) is 30.0. The average molecular weight is 569 g/mol. The van der Waals surface area contributed by atoms with Crippen molar-refractivity contribution < 1.29 is 49.0 Å². The van der Waals surface area contributed by atoms with Crippen LogP contribution in [0.1, 0.15) is 44.8 Å². The van der Waals surface area contributed by atoms with Crippen LogP contribution in [0.15, 0.2) is 36.4 Å². The van der Waals surface area contributed by atoms with Gasteiger partial charge in [0, 0.05) is 13.1 Å². The van der Waals surface area contributed by atoms with Crippen LogP contribution < -0.4 is 21.0 Å². The number of hydrogen-bond acceptors (Lipinski definition) is 10. The molecule has 2 heterocycles. The lowest BCUT2D eigenvalue weighted by molar-refractivity contribution is -0.154. The van der Waals surface area contributed by atoms with Gasteiger partial charge < -0.3 is 41.4 Å². The number of benzene rings is 2. The minimum absolute atomic E-state index is 0.00155. The summed E-state index contributed by atoms with van der Waals surface area (Å²) in [7, 11) is -1.66. The first-order valence-corrected chi connectivity index (χ1v) is 12.6. The molecule has 3 atom stereocenters. The number of para-hydroxylation sites is 1. The van der Waals surface area contributed by atoms with Crippen LogP contribution in [0.25, 0.3) is 0 Å². The number of carboxylic acid groups (broad SMARTS) is 1. The van der Waals surface area contributed by atoms with E-state index in [1.165, 1.54) is 23.1 Å². The molecular weight excluding hydrogens is 541 g/mol. The van der Waals surface area contributed by atoms with E-state index in [0.717, 1.165) is 17.0 Å². The zero-order valence-corrected chi connectivity index (χ0v) is 21.8. The van der Waals surface area contributed by atoms with Crippen LogP contribution >= 0.6 is 0 Å². The molecule has 2 aromatic carbocycles. The van der Waals surface area contributed by atoms with Crippen molar-refractivity contribution in [2.45, 2.75) is 31.6 Å². The molecule has 41 heavy (non-hydrogen) atoms. The fraction of sp³-hybridized carbons (Fsp3) is 0.320. The van der Waals surface area contributed by atoms with Crippen molar-refractivity contribution in [1.29, 1.82) is 0 Å². The highest BCUT2D eigenvalue weighted by Gasteiger charge is 2.41. The van der Waals surface area contributed by atoms with E-state index >= 15 is 0 Å². The van der Waals surface area contributed by atoms with Gasteiger partial charge in [-0.1, -0.05) is 25.1 Å². The van der Waals surface area contributed by atoms with E-state index in [1.807, 2.05) is 0 Å². The summed E-state index contributed by atoms with van der Waals surface area (Å²) in [5.41, 5.74) is 5.23. The third-order valence-electron chi connectivity index (χ3n) is 6.92. The summed E-state index contributed by atoms with van der Waals surface area (Å²) in [5.74, 6) is -5.70. The maximum atomic E-state index is 13.5. The first-order valence-electron chi connectivity index (χ1n) is 12.6. The number of aliphatic hydroxyl groups is 1. The second kappa shape index (κ2) is 11.8. The summed E-state index contributed by atoms with van der Waals surface area (Å²) in [6.45, 7) is 2.21. The van der Waals surface area contributed by atoms with Gasteiger partial charge >= 0.3 is 19.1 Å². The number of aromatic carboxylic acids is 1. The second-order valence-electron chi connectivity index (χ2n) is 9.44. The van der Waals surface area contributed by atoms with E-state index < -0.39 is 60.8 Å². The Morgan fingerprint density at radius 2 is 1.90 bits per heavy atom. The number of phenols is 1. The summed E-state index contributed by atoms with van der Waals surface area (Å²) in [5, 5.41) is 45.5. The number of imide groups is 1. The molecule has 216 valence electrons. The van der Waals surface area contributed by atoms with Gasteiger partial charge in [0.15, 0.2) is 6.23 Å². The number of aromatic hydroxyl groups is 1. The summed E-state index contributed by atoms with van der Waals surface area (Å²) in [4.78, 5) is 64.6. The molecule has 0 aromatic heterocycles. The molecule has 1 saturated heterocycles. The monoisotopic (exact) mass is 569 g/mol. The largest absolute Gasteiger partial charge is 0.547 e. The second-order valence-corrected chi connectivity index (χ2v) is 9.44. The van der Waals surface area contributed by atoms with Crippen LogP contribution in [0.3, 0.4) is 0 Å². The standard InChI is InChI=1S/C25H28BN5O10/c1-2-30-8-9-31(23(36)22(30)35)25(39)29-18(12-6-7-14(20(27)33)16(32)10-12)21(34)28-17-11-13-4-3-5-15(24(37)38)19(13)41-26(17)40/h3-7,10,17-18,22,32,35,40H,2,8-9,11H2,1H3,(H2,27,33)(H,28,34)(H,29,39)(H,37,38)/t17-,18?,22?/m0/s1. The van der Waals surface area contributed by atoms with Gasteiger partial charge in [0.05, 0.1) is 17.1 Å². The number of rotatable bonds is 7. The summed E-state index contributed by atoms with van der Waals surface area (Å²) in [6, 6.07) is 5.23. The number of urea groups is 1. The van der Waals surface area contributed by atoms with Gasteiger partial charge in [-0.25, -0.2) is 9.59 Å². The third-order valence-corrected chi connectivity index (χ3v) is 6.92.